The van der Waals surface area contributed by atoms with Crippen LogP contribution in [0.3, 0.4) is 0 Å². The lowest BCUT2D eigenvalue weighted by molar-refractivity contribution is -1.03. The van der Waals surface area contributed by atoms with Gasteiger partial charge in [0.1, 0.15) is 32.7 Å². The van der Waals surface area contributed by atoms with Crippen LogP contribution in [-0.4, -0.2) is 39.3 Å². The summed E-state index contributed by atoms with van der Waals surface area (Å²) in [6, 6.07) is 4.51. The highest BCUT2D eigenvalue weighted by Crippen LogP contribution is 2.07. The van der Waals surface area contributed by atoms with Gasteiger partial charge in [0.25, 0.3) is 0 Å². The Balaban J connectivity index is 1.96. The molecular formula is C12H24N3O+3. The number of quaternary nitrogens is 3. The van der Waals surface area contributed by atoms with Crippen LogP contribution in [0, 0.1) is 0 Å². The summed E-state index contributed by atoms with van der Waals surface area (Å²) in [6.45, 7) is 9.49. The van der Waals surface area contributed by atoms with E-state index >= 15 is 0 Å². The fraction of sp³-hybridized carbons (Fsp3) is 0.667. The lowest BCUT2D eigenvalue weighted by Crippen LogP contribution is -3.28. The van der Waals surface area contributed by atoms with Gasteiger partial charge >= 0.3 is 0 Å². The summed E-state index contributed by atoms with van der Waals surface area (Å²) in [4.78, 5) is 3.37. The van der Waals surface area contributed by atoms with Crippen LogP contribution in [0.2, 0.25) is 0 Å². The smallest absolute Gasteiger partial charge is 0.195 e. The molecular weight excluding hydrogens is 202 g/mol. The molecule has 0 aliphatic carbocycles. The Bertz CT molecular complexity index is 291. The number of hydrogen-bond donors (Lipinski definition) is 3. The number of likely N-dealkylation sites (N-methyl/N-ethyl adjacent to an activating group) is 1. The minimum Gasteiger partial charge on any atom is -0.463 e. The van der Waals surface area contributed by atoms with Crippen molar-refractivity contribution in [2.75, 3.05) is 39.3 Å². The molecule has 2 rings (SSSR count). The fourth-order valence-corrected chi connectivity index (χ4v) is 2.66. The summed E-state index contributed by atoms with van der Waals surface area (Å²) in [7, 11) is 0. The van der Waals surface area contributed by atoms with Crippen LogP contribution in [-0.2, 0) is 0 Å². The molecule has 0 spiro atoms. The number of rotatable bonds is 4. The Hall–Kier alpha value is -0.840. The zero-order chi connectivity index (χ0) is 11.4. The number of piperazine rings is 1. The molecule has 0 unspecified atom stereocenters. The first-order valence-corrected chi connectivity index (χ1v) is 6.36. The minimum absolute atomic E-state index is 0.452. The zero-order valence-corrected chi connectivity index (χ0v) is 10.2. The van der Waals surface area contributed by atoms with Gasteiger partial charge < -0.3 is 20.0 Å². The van der Waals surface area contributed by atoms with Crippen molar-refractivity contribution in [3.8, 4) is 0 Å². The first kappa shape index (κ1) is 11.6. The second kappa shape index (κ2) is 5.48. The molecule has 0 saturated carbocycles. The Morgan fingerprint density at radius 1 is 1.38 bits per heavy atom. The molecule has 1 aromatic heterocycles. The van der Waals surface area contributed by atoms with E-state index in [4.69, 9.17) is 4.42 Å². The molecule has 16 heavy (non-hydrogen) atoms. The van der Waals surface area contributed by atoms with Crippen molar-refractivity contribution in [1.29, 1.82) is 0 Å². The normalized spacial score (nSPS) is 27.9. The van der Waals surface area contributed by atoms with Gasteiger partial charge in [-0.3, -0.25) is 0 Å². The van der Waals surface area contributed by atoms with Gasteiger partial charge in [-0.25, -0.2) is 0 Å². The van der Waals surface area contributed by atoms with Crippen molar-refractivity contribution < 1.29 is 20.0 Å². The van der Waals surface area contributed by atoms with E-state index in [0.717, 1.165) is 12.3 Å². The Kier molecular flexibility index (Phi) is 3.98. The number of hydrogen-bond acceptors (Lipinski definition) is 1. The Labute approximate surface area is 97.0 Å². The van der Waals surface area contributed by atoms with E-state index in [9.17, 15) is 0 Å². The molecule has 2 heterocycles. The summed E-state index contributed by atoms with van der Waals surface area (Å²) in [5, 5.41) is 0. The van der Waals surface area contributed by atoms with Gasteiger partial charge in [0.15, 0.2) is 11.8 Å². The SMILES string of the molecule is CC[NH+]1CC[NH+]([C@H](C[NH3+])c2ccco2)CC1. The number of nitrogens with one attached hydrogen (secondary N) is 2. The monoisotopic (exact) mass is 226 g/mol. The second-order valence-corrected chi connectivity index (χ2v) is 4.62. The van der Waals surface area contributed by atoms with Crippen LogP contribution in [0.5, 0.6) is 0 Å². The topological polar surface area (TPSA) is 49.7 Å². The predicted molar refractivity (Wildman–Crippen MR) is 61.1 cm³/mol. The fourth-order valence-electron chi connectivity index (χ4n) is 2.66. The number of furan rings is 1. The minimum atomic E-state index is 0.452. The highest BCUT2D eigenvalue weighted by molar-refractivity contribution is 5.01. The van der Waals surface area contributed by atoms with Crippen molar-refractivity contribution in [3.63, 3.8) is 0 Å². The molecule has 0 bridgehead atoms. The summed E-state index contributed by atoms with van der Waals surface area (Å²) in [6.07, 6.45) is 1.77. The third-order valence-electron chi connectivity index (χ3n) is 3.77. The van der Waals surface area contributed by atoms with Gasteiger partial charge in [0.2, 0.25) is 0 Å². The van der Waals surface area contributed by atoms with Crippen molar-refractivity contribution >= 4 is 0 Å². The maximum absolute atomic E-state index is 5.53. The van der Waals surface area contributed by atoms with Gasteiger partial charge in [-0.05, 0) is 19.1 Å². The van der Waals surface area contributed by atoms with Crippen molar-refractivity contribution in [2.24, 2.45) is 0 Å². The van der Waals surface area contributed by atoms with E-state index in [1.54, 1.807) is 16.1 Å². The summed E-state index contributed by atoms with van der Waals surface area (Å²) < 4.78 is 5.53. The third kappa shape index (κ3) is 2.45. The van der Waals surface area contributed by atoms with Crippen LogP contribution in [0.4, 0.5) is 0 Å². The summed E-state index contributed by atoms with van der Waals surface area (Å²) in [5.41, 5.74) is 4.07. The standard InChI is InChI=1S/C12H21N3O/c1-2-14-5-7-15(8-6-14)11(10-13)12-4-3-9-16-12/h3-4,9,11H,2,5-8,10,13H2,1H3/p+3/t11-/m1/s1. The van der Waals surface area contributed by atoms with Crippen molar-refractivity contribution in [3.05, 3.63) is 24.2 Å². The maximum Gasteiger partial charge on any atom is 0.195 e. The molecule has 5 N–H and O–H groups in total. The Morgan fingerprint density at radius 2 is 2.12 bits per heavy atom. The lowest BCUT2D eigenvalue weighted by Gasteiger charge is -2.32. The van der Waals surface area contributed by atoms with E-state index in [2.05, 4.69) is 18.7 Å². The summed E-state index contributed by atoms with van der Waals surface area (Å²) in [5.74, 6) is 1.10. The Morgan fingerprint density at radius 3 is 2.62 bits per heavy atom. The molecule has 1 saturated heterocycles. The van der Waals surface area contributed by atoms with Gasteiger partial charge in [-0.15, -0.1) is 0 Å². The molecule has 0 aromatic carbocycles. The van der Waals surface area contributed by atoms with E-state index in [1.807, 2.05) is 6.07 Å². The van der Waals surface area contributed by atoms with E-state index < -0.39 is 0 Å². The molecule has 1 atom stereocenters. The third-order valence-corrected chi connectivity index (χ3v) is 3.77. The van der Waals surface area contributed by atoms with Crippen LogP contribution >= 0.6 is 0 Å². The average Bonchev–Trinajstić information content (AvgIpc) is 2.85. The molecule has 90 valence electrons. The molecule has 1 aliphatic heterocycles. The van der Waals surface area contributed by atoms with Crippen LogP contribution < -0.4 is 15.5 Å². The molecule has 4 heteroatoms. The molecule has 0 amide bonds. The zero-order valence-electron chi connectivity index (χ0n) is 10.2. The highest BCUT2D eigenvalue weighted by atomic mass is 16.3. The van der Waals surface area contributed by atoms with Crippen LogP contribution in [0.25, 0.3) is 0 Å². The predicted octanol–water partition coefficient (Wildman–Crippen LogP) is -2.63. The first-order valence-electron chi connectivity index (χ1n) is 6.36. The molecule has 4 nitrogen and oxygen atoms in total. The van der Waals surface area contributed by atoms with E-state index in [-0.39, 0.29) is 0 Å². The molecule has 0 radical (unpaired) electrons. The summed E-state index contributed by atoms with van der Waals surface area (Å²) >= 11 is 0. The quantitative estimate of drug-likeness (QED) is 0.517. The highest BCUT2D eigenvalue weighted by Gasteiger charge is 2.31. The van der Waals surface area contributed by atoms with Crippen molar-refractivity contribution in [2.45, 2.75) is 13.0 Å². The van der Waals surface area contributed by atoms with Gasteiger partial charge in [0, 0.05) is 0 Å². The maximum atomic E-state index is 5.53. The molecule has 1 aromatic rings. The van der Waals surface area contributed by atoms with Gasteiger partial charge in [0.05, 0.1) is 12.8 Å². The van der Waals surface area contributed by atoms with Crippen LogP contribution in [0.15, 0.2) is 22.8 Å². The van der Waals surface area contributed by atoms with E-state index in [1.165, 1.54) is 32.7 Å². The molecule has 1 aliphatic rings. The van der Waals surface area contributed by atoms with Crippen molar-refractivity contribution in [1.82, 2.24) is 0 Å². The van der Waals surface area contributed by atoms with Gasteiger partial charge in [-0.1, -0.05) is 0 Å². The van der Waals surface area contributed by atoms with E-state index in [0.29, 0.717) is 6.04 Å². The first-order chi connectivity index (χ1) is 7.85. The lowest BCUT2D eigenvalue weighted by atomic mass is 10.1. The van der Waals surface area contributed by atoms with Gasteiger partial charge in [-0.2, -0.15) is 0 Å². The second-order valence-electron chi connectivity index (χ2n) is 4.62. The largest absolute Gasteiger partial charge is 0.463 e. The van der Waals surface area contributed by atoms with Crippen LogP contribution in [0.1, 0.15) is 18.7 Å². The molecule has 1 fully saturated rings. The average molecular weight is 226 g/mol.